The molecule has 13 heavy (non-hydrogen) atoms. The molecule has 2 nitrogen and oxygen atoms in total. The Labute approximate surface area is 76.5 Å². The molecule has 0 atom stereocenters. The highest BCUT2D eigenvalue weighted by atomic mass is 19.4. The largest absolute Gasteiger partial charge is 0.503 e. The second-order valence-electron chi connectivity index (χ2n) is 3.25. The van der Waals surface area contributed by atoms with E-state index >= 15 is 0 Å². The molecule has 0 radical (unpaired) electrons. The molecule has 6 heteroatoms. The van der Waals surface area contributed by atoms with Crippen molar-refractivity contribution in [3.05, 3.63) is 0 Å². The summed E-state index contributed by atoms with van der Waals surface area (Å²) < 4.78 is 44.2. The average Bonchev–Trinajstić information content (AvgIpc) is 1.93. The third-order valence-corrected chi connectivity index (χ3v) is 1.13. The smallest absolute Gasteiger partial charge is 0.447 e. The standard InChI is InChI=1S/C7H15BF3O2/c1-7(2)5-12-3-4-13-6-8(9,10)11/h7H,3-6H2,1-2H3/q-1. The molecule has 0 aliphatic heterocycles. The fourth-order valence-corrected chi connectivity index (χ4v) is 0.654. The fraction of sp³-hybridized carbons (Fsp3) is 1.00. The van der Waals surface area contributed by atoms with Crippen LogP contribution in [0.3, 0.4) is 0 Å². The minimum Gasteiger partial charge on any atom is -0.447 e. The topological polar surface area (TPSA) is 18.5 Å². The van der Waals surface area contributed by atoms with Gasteiger partial charge in [-0.2, -0.15) is 0 Å². The van der Waals surface area contributed by atoms with Crippen LogP contribution in [0, 0.1) is 5.92 Å². The van der Waals surface area contributed by atoms with Crippen LogP contribution in [0.5, 0.6) is 0 Å². The highest BCUT2D eigenvalue weighted by Gasteiger charge is 2.22. The molecule has 0 aromatic rings. The maximum absolute atomic E-state index is 11.6. The minimum absolute atomic E-state index is 0.00792. The summed E-state index contributed by atoms with van der Waals surface area (Å²) in [6.07, 6.45) is 0. The maximum Gasteiger partial charge on any atom is 0.503 e. The molecule has 0 bridgehead atoms. The molecule has 0 amide bonds. The molecule has 0 aliphatic rings. The lowest BCUT2D eigenvalue weighted by molar-refractivity contribution is 0.0450. The lowest BCUT2D eigenvalue weighted by atomic mass is 9.95. The number of halogens is 3. The second kappa shape index (κ2) is 6.26. The Kier molecular flexibility index (Phi) is 6.15. The summed E-state index contributed by atoms with van der Waals surface area (Å²) in [5, 5.41) is 0. The molecular formula is C7H15BF3O2-. The van der Waals surface area contributed by atoms with Gasteiger partial charge in [0.25, 0.3) is 0 Å². The summed E-state index contributed by atoms with van der Waals surface area (Å²) in [5.41, 5.74) is 0. The molecule has 0 rings (SSSR count). The van der Waals surface area contributed by atoms with Gasteiger partial charge < -0.3 is 22.4 Å². The lowest BCUT2D eigenvalue weighted by Crippen LogP contribution is -2.25. The summed E-state index contributed by atoms with van der Waals surface area (Å²) >= 11 is 0. The van der Waals surface area contributed by atoms with Crippen molar-refractivity contribution in [3.63, 3.8) is 0 Å². The Bertz CT molecular complexity index is 127. The van der Waals surface area contributed by atoms with Crippen molar-refractivity contribution in [1.29, 1.82) is 0 Å². The van der Waals surface area contributed by atoms with E-state index in [9.17, 15) is 12.9 Å². The van der Waals surface area contributed by atoms with E-state index in [1.54, 1.807) is 0 Å². The van der Waals surface area contributed by atoms with Crippen LogP contribution in [-0.2, 0) is 9.47 Å². The van der Waals surface area contributed by atoms with Crippen LogP contribution in [0.1, 0.15) is 13.8 Å². The van der Waals surface area contributed by atoms with Gasteiger partial charge in [-0.3, -0.25) is 0 Å². The van der Waals surface area contributed by atoms with Crippen LogP contribution >= 0.6 is 0 Å². The molecule has 80 valence electrons. The van der Waals surface area contributed by atoms with E-state index in [1.807, 2.05) is 13.8 Å². The van der Waals surface area contributed by atoms with Gasteiger partial charge >= 0.3 is 6.98 Å². The zero-order valence-corrected chi connectivity index (χ0v) is 7.93. The molecule has 0 aromatic carbocycles. The van der Waals surface area contributed by atoms with Crippen LogP contribution < -0.4 is 0 Å². The van der Waals surface area contributed by atoms with E-state index in [2.05, 4.69) is 4.74 Å². The number of rotatable bonds is 7. The van der Waals surface area contributed by atoms with Gasteiger partial charge in [-0.25, -0.2) is 0 Å². The molecule has 0 spiro atoms. The van der Waals surface area contributed by atoms with Gasteiger partial charge in [0.1, 0.15) is 0 Å². The van der Waals surface area contributed by atoms with E-state index in [0.29, 0.717) is 12.5 Å². The average molecular weight is 199 g/mol. The Balaban J connectivity index is 3.09. The quantitative estimate of drug-likeness (QED) is 0.461. The third-order valence-electron chi connectivity index (χ3n) is 1.13. The van der Waals surface area contributed by atoms with Crippen molar-refractivity contribution >= 4 is 6.98 Å². The van der Waals surface area contributed by atoms with Crippen molar-refractivity contribution in [3.8, 4) is 0 Å². The first kappa shape index (κ1) is 12.8. The van der Waals surface area contributed by atoms with Crippen molar-refractivity contribution in [1.82, 2.24) is 0 Å². The summed E-state index contributed by atoms with van der Waals surface area (Å²) in [6.45, 7) is -1.21. The Morgan fingerprint density at radius 3 is 2.08 bits per heavy atom. The van der Waals surface area contributed by atoms with Gasteiger partial charge in [-0.05, 0) is 5.92 Å². The summed E-state index contributed by atoms with van der Waals surface area (Å²) in [5.74, 6) is 0.395. The van der Waals surface area contributed by atoms with Crippen LogP contribution in [0.2, 0.25) is 0 Å². The maximum atomic E-state index is 11.6. The first-order valence-corrected chi connectivity index (χ1v) is 4.28. The third kappa shape index (κ3) is 11.8. The Hall–Kier alpha value is -0.225. The fourth-order valence-electron chi connectivity index (χ4n) is 0.654. The van der Waals surface area contributed by atoms with Crippen LogP contribution in [0.25, 0.3) is 0 Å². The number of hydrogen-bond acceptors (Lipinski definition) is 2. The van der Waals surface area contributed by atoms with E-state index in [4.69, 9.17) is 4.74 Å². The highest BCUT2D eigenvalue weighted by molar-refractivity contribution is 6.58. The van der Waals surface area contributed by atoms with Gasteiger partial charge in [0.15, 0.2) is 0 Å². The first-order valence-electron chi connectivity index (χ1n) is 4.28. The van der Waals surface area contributed by atoms with Crippen molar-refractivity contribution in [2.45, 2.75) is 13.8 Å². The van der Waals surface area contributed by atoms with Crippen molar-refractivity contribution < 1.29 is 22.4 Å². The van der Waals surface area contributed by atoms with Crippen LogP contribution in [-0.4, -0.2) is 33.3 Å². The molecule has 0 N–H and O–H groups in total. The zero-order chi connectivity index (χ0) is 10.3. The van der Waals surface area contributed by atoms with Crippen molar-refractivity contribution in [2.75, 3.05) is 26.3 Å². The predicted molar refractivity (Wildman–Crippen MR) is 45.6 cm³/mol. The van der Waals surface area contributed by atoms with Crippen LogP contribution in [0.15, 0.2) is 0 Å². The number of hydrogen-bond donors (Lipinski definition) is 0. The molecule has 0 saturated heterocycles. The second-order valence-corrected chi connectivity index (χ2v) is 3.25. The summed E-state index contributed by atoms with van der Waals surface area (Å²) in [6, 6.07) is 0. The zero-order valence-electron chi connectivity index (χ0n) is 7.93. The first-order chi connectivity index (χ1) is 5.92. The van der Waals surface area contributed by atoms with Crippen molar-refractivity contribution in [2.24, 2.45) is 5.92 Å². The molecule has 0 aliphatic carbocycles. The molecule has 0 aromatic heterocycles. The minimum atomic E-state index is -4.81. The normalized spacial score (nSPS) is 12.5. The van der Waals surface area contributed by atoms with Gasteiger partial charge in [-0.1, -0.05) is 13.8 Å². The van der Waals surface area contributed by atoms with Gasteiger partial charge in [-0.15, -0.1) is 0 Å². The molecule has 0 heterocycles. The molecule has 0 unspecified atom stereocenters. The Morgan fingerprint density at radius 2 is 1.62 bits per heavy atom. The lowest BCUT2D eigenvalue weighted by Gasteiger charge is -2.14. The summed E-state index contributed by atoms with van der Waals surface area (Å²) in [7, 11) is 0. The van der Waals surface area contributed by atoms with Gasteiger partial charge in [0.05, 0.1) is 13.2 Å². The molecule has 0 saturated carbocycles. The highest BCUT2D eigenvalue weighted by Crippen LogP contribution is 2.07. The Morgan fingerprint density at radius 1 is 1.08 bits per heavy atom. The molecule has 0 fully saturated rings. The SMILES string of the molecule is CC(C)COCCOC[B-](F)(F)F. The van der Waals surface area contributed by atoms with E-state index in [-0.39, 0.29) is 13.2 Å². The van der Waals surface area contributed by atoms with Gasteiger partial charge in [0, 0.05) is 13.1 Å². The summed E-state index contributed by atoms with van der Waals surface area (Å²) in [4.78, 5) is 0. The molecular weight excluding hydrogens is 184 g/mol. The van der Waals surface area contributed by atoms with E-state index in [0.717, 1.165) is 0 Å². The van der Waals surface area contributed by atoms with E-state index < -0.39 is 13.5 Å². The van der Waals surface area contributed by atoms with Gasteiger partial charge in [0.2, 0.25) is 0 Å². The monoisotopic (exact) mass is 199 g/mol. The van der Waals surface area contributed by atoms with E-state index in [1.165, 1.54) is 0 Å². The predicted octanol–water partition coefficient (Wildman–Crippen LogP) is 2.06. The number of ether oxygens (including phenoxy) is 2. The van der Waals surface area contributed by atoms with Crippen LogP contribution in [0.4, 0.5) is 12.9 Å².